The van der Waals surface area contributed by atoms with Gasteiger partial charge >= 0.3 is 0 Å². The van der Waals surface area contributed by atoms with Crippen LogP contribution in [0.3, 0.4) is 0 Å². The lowest BCUT2D eigenvalue weighted by Gasteiger charge is -2.29. The van der Waals surface area contributed by atoms with Crippen LogP contribution >= 0.6 is 0 Å². The minimum absolute atomic E-state index is 0.0162. The topological polar surface area (TPSA) is 64.7 Å². The highest BCUT2D eigenvalue weighted by molar-refractivity contribution is 5.81. The number of nitrogens with zero attached hydrogens (tertiary/aromatic N) is 2. The van der Waals surface area contributed by atoms with Gasteiger partial charge in [-0.2, -0.15) is 0 Å². The molecule has 1 aliphatic heterocycles. The fourth-order valence-electron chi connectivity index (χ4n) is 2.18. The molecule has 0 radical (unpaired) electrons. The van der Waals surface area contributed by atoms with Gasteiger partial charge in [0, 0.05) is 32.7 Å². The van der Waals surface area contributed by atoms with Gasteiger partial charge in [0.15, 0.2) is 0 Å². The smallest absolute Gasteiger partial charge is 0.236 e. The molecule has 1 heterocycles. The first kappa shape index (κ1) is 14.3. The van der Waals surface area contributed by atoms with Crippen LogP contribution < -0.4 is 10.6 Å². The normalized spacial score (nSPS) is 19.6. The lowest BCUT2D eigenvalue weighted by Crippen LogP contribution is -2.50. The Morgan fingerprint density at radius 1 is 1.26 bits per heavy atom. The number of nitrogens with one attached hydrogen (secondary N) is 2. The molecule has 108 valence electrons. The third kappa shape index (κ3) is 5.16. The number of rotatable bonds is 6. The summed E-state index contributed by atoms with van der Waals surface area (Å²) in [4.78, 5) is 27.3. The van der Waals surface area contributed by atoms with Crippen LogP contribution in [0.25, 0.3) is 0 Å². The van der Waals surface area contributed by atoms with Crippen molar-refractivity contribution >= 4 is 11.8 Å². The molecule has 2 rings (SSSR count). The molecule has 0 spiro atoms. The zero-order valence-corrected chi connectivity index (χ0v) is 11.7. The minimum Gasteiger partial charge on any atom is -0.355 e. The van der Waals surface area contributed by atoms with Gasteiger partial charge in [-0.3, -0.25) is 14.5 Å². The van der Waals surface area contributed by atoms with Crippen molar-refractivity contribution in [2.75, 3.05) is 52.9 Å². The molecule has 2 amide bonds. The molecule has 1 aliphatic carbocycles. The van der Waals surface area contributed by atoms with Crippen LogP contribution in [0.5, 0.6) is 0 Å². The van der Waals surface area contributed by atoms with Gasteiger partial charge in [0.2, 0.25) is 11.8 Å². The Balaban J connectivity index is 1.62. The average molecular weight is 268 g/mol. The summed E-state index contributed by atoms with van der Waals surface area (Å²) in [7, 11) is 1.82. The summed E-state index contributed by atoms with van der Waals surface area (Å²) >= 11 is 0. The molecule has 1 saturated heterocycles. The Labute approximate surface area is 114 Å². The van der Waals surface area contributed by atoms with Crippen LogP contribution in [0.2, 0.25) is 0 Å². The quantitative estimate of drug-likeness (QED) is 0.640. The fourth-order valence-corrected chi connectivity index (χ4v) is 2.18. The first-order chi connectivity index (χ1) is 9.15. The van der Waals surface area contributed by atoms with E-state index in [4.69, 9.17) is 0 Å². The summed E-state index contributed by atoms with van der Waals surface area (Å²) in [6.07, 6.45) is 2.47. The highest BCUT2D eigenvalue weighted by Crippen LogP contribution is 2.27. The Bertz CT molecular complexity index is 325. The summed E-state index contributed by atoms with van der Waals surface area (Å²) in [6.45, 7) is 4.65. The van der Waals surface area contributed by atoms with Crippen LogP contribution in [-0.2, 0) is 9.59 Å². The second kappa shape index (κ2) is 6.86. The summed E-state index contributed by atoms with van der Waals surface area (Å²) in [5.74, 6) is 0.818. The number of carbonyl (C=O) groups excluding carboxylic acids is 2. The van der Waals surface area contributed by atoms with Crippen molar-refractivity contribution in [2.45, 2.75) is 12.8 Å². The molecule has 6 heteroatoms. The van der Waals surface area contributed by atoms with Crippen molar-refractivity contribution in [3.05, 3.63) is 0 Å². The molecular formula is C13H24N4O2. The first-order valence-electron chi connectivity index (χ1n) is 7.09. The standard InChI is InChI=1S/C13H24N4O2/c1-16(9-12(18)15-8-11-2-3-11)10-13(19)17-6-4-14-5-7-17/h11,14H,2-10H2,1H3,(H,15,18). The molecule has 0 atom stereocenters. The number of hydrogen-bond acceptors (Lipinski definition) is 4. The number of piperazine rings is 1. The van der Waals surface area contributed by atoms with Crippen molar-refractivity contribution in [3.63, 3.8) is 0 Å². The van der Waals surface area contributed by atoms with E-state index >= 15 is 0 Å². The van der Waals surface area contributed by atoms with E-state index in [2.05, 4.69) is 10.6 Å². The molecule has 0 aromatic carbocycles. The van der Waals surface area contributed by atoms with E-state index in [0.717, 1.165) is 32.7 Å². The SMILES string of the molecule is CN(CC(=O)NCC1CC1)CC(=O)N1CCNCC1. The maximum absolute atomic E-state index is 12.0. The van der Waals surface area contributed by atoms with E-state index in [1.165, 1.54) is 12.8 Å². The van der Waals surface area contributed by atoms with Gasteiger partial charge in [0.05, 0.1) is 13.1 Å². The van der Waals surface area contributed by atoms with Crippen molar-refractivity contribution in [1.29, 1.82) is 0 Å². The molecule has 2 aliphatic rings. The van der Waals surface area contributed by atoms with Gasteiger partial charge in [-0.05, 0) is 25.8 Å². The molecule has 0 unspecified atom stereocenters. The number of amides is 2. The van der Waals surface area contributed by atoms with Crippen molar-refractivity contribution in [3.8, 4) is 0 Å². The lowest BCUT2D eigenvalue weighted by atomic mass is 10.3. The van der Waals surface area contributed by atoms with Crippen LogP contribution in [0, 0.1) is 5.92 Å². The second-order valence-corrected chi connectivity index (χ2v) is 5.55. The van der Waals surface area contributed by atoms with E-state index in [-0.39, 0.29) is 11.8 Å². The zero-order valence-electron chi connectivity index (χ0n) is 11.7. The van der Waals surface area contributed by atoms with Crippen molar-refractivity contribution in [1.82, 2.24) is 20.4 Å². The molecule has 6 nitrogen and oxygen atoms in total. The Morgan fingerprint density at radius 2 is 1.95 bits per heavy atom. The highest BCUT2D eigenvalue weighted by Gasteiger charge is 2.22. The van der Waals surface area contributed by atoms with Crippen LogP contribution in [0.4, 0.5) is 0 Å². The van der Waals surface area contributed by atoms with Gasteiger partial charge in [-0.15, -0.1) is 0 Å². The number of likely N-dealkylation sites (N-methyl/N-ethyl adjacent to an activating group) is 1. The second-order valence-electron chi connectivity index (χ2n) is 5.55. The van der Waals surface area contributed by atoms with E-state index in [1.54, 1.807) is 4.90 Å². The largest absolute Gasteiger partial charge is 0.355 e. The van der Waals surface area contributed by atoms with Crippen molar-refractivity contribution < 1.29 is 9.59 Å². The predicted octanol–water partition coefficient (Wildman–Crippen LogP) is -1.12. The lowest BCUT2D eigenvalue weighted by molar-refractivity contribution is -0.133. The highest BCUT2D eigenvalue weighted by atomic mass is 16.2. The minimum atomic E-state index is 0.0162. The Hall–Kier alpha value is -1.14. The van der Waals surface area contributed by atoms with E-state index < -0.39 is 0 Å². The fraction of sp³-hybridized carbons (Fsp3) is 0.846. The predicted molar refractivity (Wildman–Crippen MR) is 72.7 cm³/mol. The number of hydrogen-bond donors (Lipinski definition) is 2. The first-order valence-corrected chi connectivity index (χ1v) is 7.09. The third-order valence-corrected chi connectivity index (χ3v) is 3.57. The Kier molecular flexibility index (Phi) is 5.15. The summed E-state index contributed by atoms with van der Waals surface area (Å²) in [5.41, 5.74) is 0. The molecule has 0 aromatic rings. The van der Waals surface area contributed by atoms with E-state index in [1.807, 2.05) is 11.9 Å². The van der Waals surface area contributed by atoms with Gasteiger partial charge in [0.1, 0.15) is 0 Å². The molecule has 19 heavy (non-hydrogen) atoms. The van der Waals surface area contributed by atoms with Gasteiger partial charge in [-0.25, -0.2) is 0 Å². The molecular weight excluding hydrogens is 244 g/mol. The van der Waals surface area contributed by atoms with Crippen LogP contribution in [-0.4, -0.2) is 74.5 Å². The molecule has 0 aromatic heterocycles. The van der Waals surface area contributed by atoms with Crippen LogP contribution in [0.15, 0.2) is 0 Å². The van der Waals surface area contributed by atoms with E-state index in [0.29, 0.717) is 19.0 Å². The maximum Gasteiger partial charge on any atom is 0.236 e. The molecule has 2 fully saturated rings. The average Bonchev–Trinajstić information content (AvgIpc) is 3.21. The monoisotopic (exact) mass is 268 g/mol. The third-order valence-electron chi connectivity index (χ3n) is 3.57. The Morgan fingerprint density at radius 3 is 2.58 bits per heavy atom. The summed E-state index contributed by atoms with van der Waals surface area (Å²) in [5, 5.41) is 6.13. The molecule has 1 saturated carbocycles. The molecule has 2 N–H and O–H groups in total. The van der Waals surface area contributed by atoms with Gasteiger partial charge in [0.25, 0.3) is 0 Å². The van der Waals surface area contributed by atoms with Gasteiger partial charge in [-0.1, -0.05) is 0 Å². The zero-order chi connectivity index (χ0) is 13.7. The number of carbonyl (C=O) groups is 2. The van der Waals surface area contributed by atoms with E-state index in [9.17, 15) is 9.59 Å². The molecule has 0 bridgehead atoms. The summed E-state index contributed by atoms with van der Waals surface area (Å²) in [6, 6.07) is 0. The maximum atomic E-state index is 12.0. The van der Waals surface area contributed by atoms with Crippen molar-refractivity contribution in [2.24, 2.45) is 5.92 Å². The van der Waals surface area contributed by atoms with Gasteiger partial charge < -0.3 is 15.5 Å². The summed E-state index contributed by atoms with van der Waals surface area (Å²) < 4.78 is 0. The van der Waals surface area contributed by atoms with Crippen LogP contribution in [0.1, 0.15) is 12.8 Å².